The van der Waals surface area contributed by atoms with Crippen LogP contribution in [0.4, 0.5) is 0 Å². The Morgan fingerprint density at radius 1 is 0.328 bits per heavy atom. The SMILES string of the molecule is CC/C=C/C=C/C=C/CCCCCCCC(=O)OCC(COC(=O)CCCCC/C=C/C/C=C/C/C=C/C/C=C/C/C=C/CC)OC(=O)CCCCCCCCC/C=C/C/C=C/CC. The van der Waals surface area contributed by atoms with Gasteiger partial charge in [-0.3, -0.25) is 14.4 Å². The molecule has 360 valence electrons. The lowest BCUT2D eigenvalue weighted by atomic mass is 10.1. The van der Waals surface area contributed by atoms with Gasteiger partial charge in [-0.25, -0.2) is 0 Å². The van der Waals surface area contributed by atoms with Crippen LogP contribution in [0.1, 0.15) is 207 Å². The van der Waals surface area contributed by atoms with E-state index in [1.165, 1.54) is 25.7 Å². The Labute approximate surface area is 392 Å². The molecule has 0 radical (unpaired) electrons. The second-order valence-corrected chi connectivity index (χ2v) is 16.3. The fraction of sp³-hybridized carbons (Fsp3) is 0.603. The van der Waals surface area contributed by atoms with Crippen molar-refractivity contribution < 1.29 is 28.6 Å². The number of unbranched alkanes of at least 4 members (excludes halogenated alkanes) is 15. The quantitative estimate of drug-likeness (QED) is 0.0199. The number of ether oxygens (including phenoxy) is 3. The predicted octanol–water partition coefficient (Wildman–Crippen LogP) is 16.9. The van der Waals surface area contributed by atoms with E-state index in [1.807, 2.05) is 0 Å². The molecule has 0 spiro atoms. The summed E-state index contributed by atoms with van der Waals surface area (Å²) in [5.74, 6) is -0.975. The number of hydrogen-bond donors (Lipinski definition) is 0. The third-order valence-electron chi connectivity index (χ3n) is 10.3. The van der Waals surface area contributed by atoms with Gasteiger partial charge in [0, 0.05) is 19.3 Å². The molecule has 0 aromatic carbocycles. The predicted molar refractivity (Wildman–Crippen MR) is 274 cm³/mol. The molecule has 0 amide bonds. The van der Waals surface area contributed by atoms with Crippen molar-refractivity contribution >= 4 is 17.9 Å². The van der Waals surface area contributed by atoms with Crippen molar-refractivity contribution in [3.8, 4) is 0 Å². The average Bonchev–Trinajstić information content (AvgIpc) is 3.29. The van der Waals surface area contributed by atoms with E-state index in [2.05, 4.69) is 142 Å². The number of carbonyl (C=O) groups excluding carboxylic acids is 3. The minimum absolute atomic E-state index is 0.106. The maximum absolute atomic E-state index is 12.8. The molecule has 0 aliphatic rings. The molecule has 0 fully saturated rings. The highest BCUT2D eigenvalue weighted by Gasteiger charge is 2.19. The van der Waals surface area contributed by atoms with Crippen molar-refractivity contribution in [1.29, 1.82) is 0 Å². The van der Waals surface area contributed by atoms with Gasteiger partial charge in [0.15, 0.2) is 6.10 Å². The summed E-state index contributed by atoms with van der Waals surface area (Å²) in [6.45, 7) is 6.21. The molecule has 0 aromatic rings. The summed E-state index contributed by atoms with van der Waals surface area (Å²) in [6.07, 6.45) is 70.4. The first-order chi connectivity index (χ1) is 31.5. The van der Waals surface area contributed by atoms with Crippen LogP contribution in [-0.2, 0) is 28.6 Å². The summed E-state index contributed by atoms with van der Waals surface area (Å²) in [4.78, 5) is 38.0. The van der Waals surface area contributed by atoms with Crippen LogP contribution in [0.2, 0.25) is 0 Å². The zero-order chi connectivity index (χ0) is 46.5. The van der Waals surface area contributed by atoms with Crippen molar-refractivity contribution in [3.63, 3.8) is 0 Å². The van der Waals surface area contributed by atoms with Crippen LogP contribution >= 0.6 is 0 Å². The first kappa shape index (κ1) is 59.8. The molecule has 64 heavy (non-hydrogen) atoms. The van der Waals surface area contributed by atoms with Crippen LogP contribution in [-0.4, -0.2) is 37.2 Å². The molecule has 1 atom stereocenters. The minimum atomic E-state index is -0.807. The molecular weight excluding hydrogens is 793 g/mol. The Hall–Kier alpha value is -4.19. The van der Waals surface area contributed by atoms with E-state index in [4.69, 9.17) is 14.2 Å². The molecule has 0 saturated carbocycles. The molecule has 0 aliphatic carbocycles. The van der Waals surface area contributed by atoms with E-state index in [0.29, 0.717) is 19.3 Å². The molecule has 0 heterocycles. The van der Waals surface area contributed by atoms with Gasteiger partial charge >= 0.3 is 17.9 Å². The van der Waals surface area contributed by atoms with Gasteiger partial charge in [0.2, 0.25) is 0 Å². The summed E-state index contributed by atoms with van der Waals surface area (Å²) in [7, 11) is 0. The molecule has 1 unspecified atom stereocenters. The fourth-order valence-electron chi connectivity index (χ4n) is 6.50. The molecule has 0 N–H and O–H groups in total. The lowest BCUT2D eigenvalue weighted by Gasteiger charge is -2.18. The highest BCUT2D eigenvalue weighted by atomic mass is 16.6. The Kier molecular flexibility index (Phi) is 48.1. The monoisotopic (exact) mass is 885 g/mol. The van der Waals surface area contributed by atoms with Crippen LogP contribution in [0.3, 0.4) is 0 Å². The number of allylic oxidation sites excluding steroid dienone is 20. The molecule has 0 aromatic heterocycles. The molecule has 0 aliphatic heterocycles. The van der Waals surface area contributed by atoms with Gasteiger partial charge < -0.3 is 14.2 Å². The molecule has 0 bridgehead atoms. The van der Waals surface area contributed by atoms with Crippen LogP contribution in [0.5, 0.6) is 0 Å². The standard InChI is InChI=1S/C58H92O6/c1-4-7-10-13-16-19-22-25-27-28-29-30-31-34-36-39-42-45-48-51-57(60)63-54-55(53-62-56(59)50-47-44-41-38-35-32-24-21-18-15-12-9-6-3)64-58(61)52-49-46-43-40-37-33-26-23-20-17-14-11-8-5-2/h7-12,15-21,24-25,27,29-30,34,36,55H,4-6,13-14,22-23,26,28,31-33,35,37-54H2,1-3H3/b10-7+,11-8+,12-9+,18-15+,19-16+,20-17+,24-21+,27-25+,30-29+,36-34+. The molecule has 0 saturated heterocycles. The zero-order valence-corrected chi connectivity index (χ0v) is 41.0. The van der Waals surface area contributed by atoms with Gasteiger partial charge in [0.25, 0.3) is 0 Å². The van der Waals surface area contributed by atoms with Crippen LogP contribution in [0.25, 0.3) is 0 Å². The molecule has 6 heteroatoms. The number of rotatable bonds is 44. The summed E-state index contributed by atoms with van der Waals surface area (Å²) >= 11 is 0. The van der Waals surface area contributed by atoms with Gasteiger partial charge in [0.1, 0.15) is 13.2 Å². The maximum atomic E-state index is 12.8. The van der Waals surface area contributed by atoms with E-state index in [-0.39, 0.29) is 31.1 Å². The number of esters is 3. The second kappa shape index (κ2) is 51.4. The summed E-state index contributed by atoms with van der Waals surface area (Å²) in [5, 5.41) is 0. The average molecular weight is 885 g/mol. The third kappa shape index (κ3) is 48.8. The Balaban J connectivity index is 4.49. The maximum Gasteiger partial charge on any atom is 0.306 e. The van der Waals surface area contributed by atoms with Gasteiger partial charge in [-0.15, -0.1) is 0 Å². The normalized spacial score (nSPS) is 13.1. The molecular formula is C58H92O6. The number of hydrogen-bond acceptors (Lipinski definition) is 6. The van der Waals surface area contributed by atoms with Crippen molar-refractivity contribution in [2.24, 2.45) is 0 Å². The summed E-state index contributed by atoms with van der Waals surface area (Å²) < 4.78 is 16.7. The lowest BCUT2D eigenvalue weighted by molar-refractivity contribution is -0.167. The van der Waals surface area contributed by atoms with Crippen LogP contribution in [0, 0.1) is 0 Å². The largest absolute Gasteiger partial charge is 0.462 e. The van der Waals surface area contributed by atoms with E-state index < -0.39 is 6.10 Å². The Morgan fingerprint density at radius 3 is 1.06 bits per heavy atom. The lowest BCUT2D eigenvalue weighted by Crippen LogP contribution is -2.30. The van der Waals surface area contributed by atoms with Crippen LogP contribution < -0.4 is 0 Å². The van der Waals surface area contributed by atoms with E-state index in [0.717, 1.165) is 141 Å². The Bertz CT molecular complexity index is 1390. The number of carbonyl (C=O) groups is 3. The highest BCUT2D eigenvalue weighted by Crippen LogP contribution is 2.13. The van der Waals surface area contributed by atoms with Crippen molar-refractivity contribution in [2.45, 2.75) is 213 Å². The van der Waals surface area contributed by atoms with Crippen molar-refractivity contribution in [2.75, 3.05) is 13.2 Å². The minimum Gasteiger partial charge on any atom is -0.462 e. The van der Waals surface area contributed by atoms with E-state index >= 15 is 0 Å². The van der Waals surface area contributed by atoms with E-state index in [1.54, 1.807) is 0 Å². The first-order valence-corrected chi connectivity index (χ1v) is 25.6. The van der Waals surface area contributed by atoms with Gasteiger partial charge in [-0.05, 0) is 109 Å². The van der Waals surface area contributed by atoms with Crippen LogP contribution in [0.15, 0.2) is 122 Å². The van der Waals surface area contributed by atoms with Gasteiger partial charge in [-0.1, -0.05) is 200 Å². The second-order valence-electron chi connectivity index (χ2n) is 16.3. The zero-order valence-electron chi connectivity index (χ0n) is 41.0. The topological polar surface area (TPSA) is 78.9 Å². The van der Waals surface area contributed by atoms with Crippen molar-refractivity contribution in [3.05, 3.63) is 122 Å². The van der Waals surface area contributed by atoms with Gasteiger partial charge in [0.05, 0.1) is 0 Å². The smallest absolute Gasteiger partial charge is 0.306 e. The third-order valence-corrected chi connectivity index (χ3v) is 10.3. The highest BCUT2D eigenvalue weighted by molar-refractivity contribution is 5.71. The summed E-state index contributed by atoms with van der Waals surface area (Å²) in [6, 6.07) is 0. The van der Waals surface area contributed by atoms with E-state index in [9.17, 15) is 14.4 Å². The first-order valence-electron chi connectivity index (χ1n) is 25.6. The van der Waals surface area contributed by atoms with Gasteiger partial charge in [-0.2, -0.15) is 0 Å². The molecule has 0 rings (SSSR count). The Morgan fingerprint density at radius 2 is 0.641 bits per heavy atom. The fourth-order valence-corrected chi connectivity index (χ4v) is 6.50. The molecule has 6 nitrogen and oxygen atoms in total. The van der Waals surface area contributed by atoms with Crippen molar-refractivity contribution in [1.82, 2.24) is 0 Å². The summed E-state index contributed by atoms with van der Waals surface area (Å²) in [5.41, 5.74) is 0.